The first kappa shape index (κ1) is 26.2. The Morgan fingerprint density at radius 2 is 2.14 bits per heavy atom. The molecule has 10 heteroatoms. The summed E-state index contributed by atoms with van der Waals surface area (Å²) < 4.78 is 42.8. The molecule has 4 N–H and O–H groups in total. The maximum absolute atomic E-state index is 14.3. The van der Waals surface area contributed by atoms with Crippen LogP contribution in [-0.2, 0) is 0 Å². The monoisotopic (exact) mass is 489 g/mol. The highest BCUT2D eigenvalue weighted by atomic mass is 19.3. The lowest BCUT2D eigenvalue weighted by molar-refractivity contribution is -0.00208. The number of aliphatic imine (C=N–C) groups is 1. The van der Waals surface area contributed by atoms with Crippen LogP contribution in [0.5, 0.6) is 0 Å². The Morgan fingerprint density at radius 1 is 1.40 bits per heavy atom. The number of carbonyl (C=O) groups is 1. The molecule has 1 fully saturated rings. The lowest BCUT2D eigenvalue weighted by atomic mass is 10.0. The molecule has 0 radical (unpaired) electrons. The minimum Gasteiger partial charge on any atom is -0.387 e. The van der Waals surface area contributed by atoms with Gasteiger partial charge in [-0.15, -0.1) is 0 Å². The van der Waals surface area contributed by atoms with Crippen molar-refractivity contribution < 1.29 is 23.1 Å². The van der Waals surface area contributed by atoms with E-state index in [-0.39, 0.29) is 24.1 Å². The first-order valence-electron chi connectivity index (χ1n) is 11.2. The fourth-order valence-electron chi connectivity index (χ4n) is 3.73. The number of aliphatic hydroxyl groups is 1. The largest absolute Gasteiger partial charge is 0.387 e. The van der Waals surface area contributed by atoms with Crippen LogP contribution in [0.3, 0.4) is 0 Å². The maximum Gasteiger partial charge on any atom is 0.267 e. The fourth-order valence-corrected chi connectivity index (χ4v) is 3.73. The van der Waals surface area contributed by atoms with Crippen molar-refractivity contribution in [3.8, 4) is 0 Å². The van der Waals surface area contributed by atoms with Crippen LogP contribution in [0, 0.1) is 0 Å². The van der Waals surface area contributed by atoms with Crippen LogP contribution in [0.2, 0.25) is 0 Å². The number of halogens is 3. The zero-order valence-corrected chi connectivity index (χ0v) is 19.7. The van der Waals surface area contributed by atoms with Crippen LogP contribution in [-0.4, -0.2) is 53.0 Å². The van der Waals surface area contributed by atoms with Gasteiger partial charge < -0.3 is 21.1 Å². The summed E-state index contributed by atoms with van der Waals surface area (Å²) in [7, 11) is 0. The fraction of sp³-hybridized carbons (Fsp3) is 0.400. The van der Waals surface area contributed by atoms with Crippen molar-refractivity contribution in [2.24, 2.45) is 4.99 Å². The van der Waals surface area contributed by atoms with E-state index < -0.39 is 36.2 Å². The molecule has 1 aromatic carbocycles. The van der Waals surface area contributed by atoms with Crippen molar-refractivity contribution in [1.82, 2.24) is 10.3 Å². The Bertz CT molecular complexity index is 1100. The van der Waals surface area contributed by atoms with Gasteiger partial charge in [0, 0.05) is 29.9 Å². The molecule has 188 valence electrons. The number of amides is 1. The van der Waals surface area contributed by atoms with Crippen molar-refractivity contribution in [2.45, 2.75) is 56.8 Å². The van der Waals surface area contributed by atoms with E-state index in [4.69, 9.17) is 0 Å². The summed E-state index contributed by atoms with van der Waals surface area (Å²) in [5, 5.41) is 18.0. The number of carbonyl (C=O) groups excluding carboxylic acids is 1. The minimum atomic E-state index is -2.93. The molecular weight excluding hydrogens is 459 g/mol. The van der Waals surface area contributed by atoms with Gasteiger partial charge in [0.1, 0.15) is 12.0 Å². The molecule has 1 aliphatic carbocycles. The molecule has 0 spiro atoms. The highest BCUT2D eigenvalue weighted by molar-refractivity contribution is 6.00. The van der Waals surface area contributed by atoms with Crippen molar-refractivity contribution >= 4 is 41.6 Å². The molecule has 35 heavy (non-hydrogen) atoms. The van der Waals surface area contributed by atoms with E-state index in [0.29, 0.717) is 23.6 Å². The summed E-state index contributed by atoms with van der Waals surface area (Å²) in [5.41, 5.74) is 0.496. The molecule has 3 rings (SSSR count). The number of alkyl halides is 3. The Balaban J connectivity index is 1.88. The second-order valence-corrected chi connectivity index (χ2v) is 9.06. The number of benzene rings is 1. The number of nitrogens with zero attached hydrogens (tertiary/aromatic N) is 2. The third-order valence-corrected chi connectivity index (χ3v) is 5.89. The number of aromatic nitrogens is 1. The first-order chi connectivity index (χ1) is 16.4. The average Bonchev–Trinajstić information content (AvgIpc) is 3.14. The van der Waals surface area contributed by atoms with E-state index in [1.807, 2.05) is 0 Å². The summed E-state index contributed by atoms with van der Waals surface area (Å²) in [6, 6.07) is 5.56. The van der Waals surface area contributed by atoms with Crippen molar-refractivity contribution in [3.63, 3.8) is 0 Å². The Hall–Kier alpha value is -3.40. The van der Waals surface area contributed by atoms with Gasteiger partial charge in [0.15, 0.2) is 0 Å². The summed E-state index contributed by atoms with van der Waals surface area (Å²) in [6.07, 6.45) is 1.48. The third kappa shape index (κ3) is 6.39. The lowest BCUT2D eigenvalue weighted by Gasteiger charge is -2.24. The molecule has 0 bridgehead atoms. The molecule has 1 amide bonds. The molecule has 1 aliphatic rings. The Kier molecular flexibility index (Phi) is 7.84. The van der Waals surface area contributed by atoms with Gasteiger partial charge in [-0.2, -0.15) is 0 Å². The Morgan fingerprint density at radius 3 is 2.74 bits per heavy atom. The molecule has 2 aromatic rings. The van der Waals surface area contributed by atoms with Crippen LogP contribution in [0.1, 0.15) is 49.0 Å². The summed E-state index contributed by atoms with van der Waals surface area (Å²) in [5.74, 6) is -3.32. The van der Waals surface area contributed by atoms with Gasteiger partial charge in [0.25, 0.3) is 11.8 Å². The van der Waals surface area contributed by atoms with Gasteiger partial charge in [-0.05, 0) is 51.6 Å². The molecular formula is C25H30F3N5O2. The van der Waals surface area contributed by atoms with Crippen LogP contribution in [0.4, 0.5) is 36.1 Å². The van der Waals surface area contributed by atoms with Crippen LogP contribution in [0.15, 0.2) is 42.0 Å². The number of hydrogen-bond donors (Lipinski definition) is 4. The number of hydrogen-bond acceptors (Lipinski definition) is 6. The van der Waals surface area contributed by atoms with Crippen molar-refractivity contribution in [3.05, 3.63) is 48.2 Å². The van der Waals surface area contributed by atoms with Crippen molar-refractivity contribution in [2.75, 3.05) is 17.2 Å². The lowest BCUT2D eigenvalue weighted by Crippen LogP contribution is -2.42. The molecule has 0 saturated heterocycles. The molecule has 2 atom stereocenters. The topological polar surface area (TPSA) is 98.6 Å². The smallest absolute Gasteiger partial charge is 0.267 e. The van der Waals surface area contributed by atoms with E-state index in [1.54, 1.807) is 24.3 Å². The van der Waals surface area contributed by atoms with Gasteiger partial charge >= 0.3 is 0 Å². The van der Waals surface area contributed by atoms with E-state index in [1.165, 1.54) is 26.1 Å². The van der Waals surface area contributed by atoms with Crippen LogP contribution >= 0.6 is 0 Å². The number of pyridine rings is 1. The van der Waals surface area contributed by atoms with Gasteiger partial charge in [-0.3, -0.25) is 9.79 Å². The predicted octanol–water partition coefficient (Wildman–Crippen LogP) is 5.24. The second-order valence-electron chi connectivity index (χ2n) is 9.06. The van der Waals surface area contributed by atoms with Gasteiger partial charge in [0.2, 0.25) is 0 Å². The van der Waals surface area contributed by atoms with E-state index >= 15 is 0 Å². The summed E-state index contributed by atoms with van der Waals surface area (Å²) in [6.45, 7) is 9.39. The minimum absolute atomic E-state index is 0.0146. The quantitative estimate of drug-likeness (QED) is 0.342. The number of rotatable bonds is 10. The SMILES string of the molecule is C=Cc1cc(Nc2cc(NC3CCCC3(F)F)c(C(=O)NCC(F)C(C)(C)O)cn2)ccc1N=C. The Labute approximate surface area is 202 Å². The zero-order chi connectivity index (χ0) is 25.8. The van der Waals surface area contributed by atoms with Gasteiger partial charge in [-0.25, -0.2) is 18.2 Å². The van der Waals surface area contributed by atoms with E-state index in [0.717, 1.165) is 5.56 Å². The highest BCUT2D eigenvalue weighted by Crippen LogP contribution is 2.38. The third-order valence-electron chi connectivity index (χ3n) is 5.89. The first-order valence-corrected chi connectivity index (χ1v) is 11.2. The zero-order valence-electron chi connectivity index (χ0n) is 19.7. The van der Waals surface area contributed by atoms with Crippen molar-refractivity contribution in [1.29, 1.82) is 0 Å². The average molecular weight is 490 g/mol. The molecule has 1 saturated carbocycles. The van der Waals surface area contributed by atoms with Gasteiger partial charge in [0.05, 0.1) is 35.1 Å². The number of nitrogens with one attached hydrogen (secondary N) is 3. The maximum atomic E-state index is 14.3. The van der Waals surface area contributed by atoms with Crippen LogP contribution in [0.25, 0.3) is 6.08 Å². The standard InChI is InChI=1S/C25H30F3N5O2/c1-5-15-11-16(8-9-18(15)29-4)32-22-12-19(33-21-7-6-10-25(21,27)28)17(13-30-22)23(34)31-14-20(26)24(2,3)35/h5,8-9,11-13,20-21,35H,1,4,6-7,10,14H2,2-3H3,(H,31,34)(H2,30,32,33). The molecule has 0 aliphatic heterocycles. The van der Waals surface area contributed by atoms with E-state index in [9.17, 15) is 23.1 Å². The number of anilines is 3. The molecule has 1 aromatic heterocycles. The molecule has 7 nitrogen and oxygen atoms in total. The second kappa shape index (κ2) is 10.5. The molecule has 2 unspecified atom stereocenters. The van der Waals surface area contributed by atoms with E-state index in [2.05, 4.69) is 39.2 Å². The summed E-state index contributed by atoms with van der Waals surface area (Å²) in [4.78, 5) is 20.9. The molecule has 1 heterocycles. The predicted molar refractivity (Wildman–Crippen MR) is 133 cm³/mol. The van der Waals surface area contributed by atoms with Crippen LogP contribution < -0.4 is 16.0 Å². The highest BCUT2D eigenvalue weighted by Gasteiger charge is 2.44. The normalized spacial score (nSPS) is 17.9. The summed E-state index contributed by atoms with van der Waals surface area (Å²) >= 11 is 0. The van der Waals surface area contributed by atoms with Gasteiger partial charge in [-0.1, -0.05) is 12.7 Å².